The van der Waals surface area contributed by atoms with Crippen molar-refractivity contribution in [3.63, 3.8) is 0 Å². The third-order valence-corrected chi connectivity index (χ3v) is 5.71. The first-order chi connectivity index (χ1) is 17.7. The molecule has 0 spiro atoms. The van der Waals surface area contributed by atoms with Crippen LogP contribution in [0.3, 0.4) is 0 Å². The summed E-state index contributed by atoms with van der Waals surface area (Å²) in [6.45, 7) is 3.61. The Kier molecular flexibility index (Phi) is 15.7. The van der Waals surface area contributed by atoms with Crippen LogP contribution in [0.15, 0.2) is 4.99 Å². The number of hydrogen-bond acceptors (Lipinski definition) is 8. The van der Waals surface area contributed by atoms with E-state index in [1.807, 2.05) is 0 Å². The number of guanidine groups is 1. The monoisotopic (exact) mass is 543 g/mol. The van der Waals surface area contributed by atoms with Crippen LogP contribution in [-0.4, -0.2) is 77.3 Å². The highest BCUT2D eigenvalue weighted by Crippen LogP contribution is 2.10. The smallest absolute Gasteiger partial charge is 0.326 e. The first-order valence-electron chi connectivity index (χ1n) is 12.2. The number of aliphatic carboxylic acids is 1. The van der Waals surface area contributed by atoms with Gasteiger partial charge in [0.25, 0.3) is 0 Å². The lowest BCUT2D eigenvalue weighted by Gasteiger charge is -2.26. The van der Waals surface area contributed by atoms with Crippen molar-refractivity contribution in [2.75, 3.05) is 6.54 Å². The van der Waals surface area contributed by atoms with Crippen molar-refractivity contribution in [1.82, 2.24) is 16.0 Å². The zero-order valence-electron chi connectivity index (χ0n) is 21.8. The standard InChI is InChI=1S/C22H41N9O7/c1-3-11(2)17(21(37)38)31-20(36)14(7-9-16(25)33)30-19(35)13(6-8-15(24)32)29-18(34)12(23)5-4-10-28-22(26)27/h11-14,17H,3-10,23H2,1-2H3,(H2,24,32)(H2,25,33)(H,29,34)(H,30,35)(H,31,36)(H,37,38)(H4,26,27,28). The van der Waals surface area contributed by atoms with Gasteiger partial charge in [-0.3, -0.25) is 29.0 Å². The Morgan fingerprint density at radius 1 is 0.789 bits per heavy atom. The molecule has 0 aromatic rings. The van der Waals surface area contributed by atoms with Gasteiger partial charge in [-0.15, -0.1) is 0 Å². The van der Waals surface area contributed by atoms with Crippen molar-refractivity contribution in [3.8, 4) is 0 Å². The third kappa shape index (κ3) is 14.0. The Bertz CT molecular complexity index is 877. The molecule has 0 aliphatic rings. The molecule has 16 heteroatoms. The summed E-state index contributed by atoms with van der Waals surface area (Å²) in [7, 11) is 0. The number of nitrogens with zero attached hydrogens (tertiary/aromatic N) is 1. The summed E-state index contributed by atoms with van der Waals surface area (Å²) in [5.41, 5.74) is 26.7. The predicted octanol–water partition coefficient (Wildman–Crippen LogP) is -3.52. The SMILES string of the molecule is CCC(C)C(NC(=O)C(CCC(N)=O)NC(=O)C(CCC(N)=O)NC(=O)C(N)CCCN=C(N)N)C(=O)O. The van der Waals surface area contributed by atoms with Gasteiger partial charge in [0.15, 0.2) is 5.96 Å². The van der Waals surface area contributed by atoms with Gasteiger partial charge in [-0.1, -0.05) is 20.3 Å². The first-order valence-corrected chi connectivity index (χ1v) is 12.2. The van der Waals surface area contributed by atoms with Crippen LogP contribution in [0.1, 0.15) is 58.8 Å². The Morgan fingerprint density at radius 3 is 1.68 bits per heavy atom. The van der Waals surface area contributed by atoms with E-state index in [2.05, 4.69) is 20.9 Å². The van der Waals surface area contributed by atoms with E-state index in [0.717, 1.165) is 0 Å². The average molecular weight is 544 g/mol. The maximum atomic E-state index is 13.0. The summed E-state index contributed by atoms with van der Waals surface area (Å²) in [6.07, 6.45) is -0.000756. The summed E-state index contributed by atoms with van der Waals surface area (Å²) in [4.78, 5) is 76.5. The number of hydrogen-bond donors (Lipinski definition) is 9. The van der Waals surface area contributed by atoms with Crippen molar-refractivity contribution in [2.45, 2.75) is 83.0 Å². The van der Waals surface area contributed by atoms with Crippen LogP contribution in [0.5, 0.6) is 0 Å². The molecule has 0 bridgehead atoms. The molecule has 0 aliphatic heterocycles. The summed E-state index contributed by atoms with van der Waals surface area (Å²) < 4.78 is 0. The van der Waals surface area contributed by atoms with E-state index in [9.17, 15) is 33.9 Å². The molecular formula is C22H41N9O7. The van der Waals surface area contributed by atoms with Crippen LogP contribution in [-0.2, 0) is 28.8 Å². The minimum atomic E-state index is -1.36. The van der Waals surface area contributed by atoms with E-state index in [1.54, 1.807) is 13.8 Å². The average Bonchev–Trinajstić information content (AvgIpc) is 2.83. The molecule has 0 fully saturated rings. The number of aliphatic imine (C=N–C) groups is 1. The van der Waals surface area contributed by atoms with Gasteiger partial charge in [0.2, 0.25) is 29.5 Å². The van der Waals surface area contributed by atoms with Crippen LogP contribution < -0.4 is 44.6 Å². The Balaban J connectivity index is 5.60. The largest absolute Gasteiger partial charge is 0.480 e. The molecular weight excluding hydrogens is 502 g/mol. The van der Waals surface area contributed by atoms with Crippen LogP contribution in [0.2, 0.25) is 0 Å². The Morgan fingerprint density at radius 2 is 1.26 bits per heavy atom. The van der Waals surface area contributed by atoms with Gasteiger partial charge in [-0.25, -0.2) is 4.79 Å². The van der Waals surface area contributed by atoms with Crippen molar-refractivity contribution in [2.24, 2.45) is 39.6 Å². The maximum absolute atomic E-state index is 13.0. The summed E-state index contributed by atoms with van der Waals surface area (Å²) in [6, 6.07) is -4.95. The highest BCUT2D eigenvalue weighted by atomic mass is 16.4. The molecule has 0 saturated carbocycles. The lowest BCUT2D eigenvalue weighted by atomic mass is 9.98. The van der Waals surface area contributed by atoms with Gasteiger partial charge >= 0.3 is 5.97 Å². The Labute approximate surface area is 220 Å². The number of rotatable bonds is 19. The Hall–Kier alpha value is -3.95. The van der Waals surface area contributed by atoms with E-state index in [-0.39, 0.29) is 44.6 Å². The molecule has 0 radical (unpaired) electrons. The quantitative estimate of drug-likeness (QED) is 0.0439. The molecule has 0 saturated heterocycles. The van der Waals surface area contributed by atoms with Crippen LogP contribution >= 0.6 is 0 Å². The van der Waals surface area contributed by atoms with Gasteiger partial charge in [0, 0.05) is 19.4 Å². The zero-order chi connectivity index (χ0) is 29.4. The van der Waals surface area contributed by atoms with Gasteiger partial charge in [0.1, 0.15) is 18.1 Å². The van der Waals surface area contributed by atoms with E-state index < -0.39 is 65.6 Å². The summed E-state index contributed by atoms with van der Waals surface area (Å²) in [5, 5.41) is 16.7. The summed E-state index contributed by atoms with van der Waals surface area (Å²) in [5.74, 6) is -5.73. The second-order valence-corrected chi connectivity index (χ2v) is 8.90. The lowest BCUT2D eigenvalue weighted by Crippen LogP contribution is -2.58. The number of carboxylic acids is 1. The molecule has 14 N–H and O–H groups in total. The number of carbonyl (C=O) groups excluding carboxylic acids is 5. The fraction of sp³-hybridized carbons (Fsp3) is 0.682. The number of amides is 5. The van der Waals surface area contributed by atoms with Crippen LogP contribution in [0.25, 0.3) is 0 Å². The van der Waals surface area contributed by atoms with Gasteiger partial charge < -0.3 is 49.7 Å². The number of primary amides is 2. The predicted molar refractivity (Wildman–Crippen MR) is 138 cm³/mol. The second kappa shape index (κ2) is 17.5. The highest BCUT2D eigenvalue weighted by Gasteiger charge is 2.32. The minimum absolute atomic E-state index is 0.111. The summed E-state index contributed by atoms with van der Waals surface area (Å²) >= 11 is 0. The number of carboxylic acid groups (broad SMARTS) is 1. The molecule has 5 atom stereocenters. The molecule has 0 aromatic carbocycles. The maximum Gasteiger partial charge on any atom is 0.326 e. The van der Waals surface area contributed by atoms with Crippen molar-refractivity contribution < 1.29 is 33.9 Å². The molecule has 5 unspecified atom stereocenters. The van der Waals surface area contributed by atoms with E-state index in [0.29, 0.717) is 12.8 Å². The normalized spacial score (nSPS) is 14.6. The molecule has 5 amide bonds. The van der Waals surface area contributed by atoms with Crippen LogP contribution in [0, 0.1) is 5.92 Å². The number of carbonyl (C=O) groups is 6. The molecule has 0 rings (SSSR count). The first kappa shape index (κ1) is 34.0. The number of nitrogens with one attached hydrogen (secondary N) is 3. The van der Waals surface area contributed by atoms with Crippen molar-refractivity contribution >= 4 is 41.5 Å². The molecule has 216 valence electrons. The van der Waals surface area contributed by atoms with E-state index in [4.69, 9.17) is 28.7 Å². The van der Waals surface area contributed by atoms with Gasteiger partial charge in [0.05, 0.1) is 6.04 Å². The molecule has 0 heterocycles. The molecule has 0 aliphatic carbocycles. The third-order valence-electron chi connectivity index (χ3n) is 5.71. The van der Waals surface area contributed by atoms with E-state index in [1.165, 1.54) is 0 Å². The topological polar surface area (TPSA) is 301 Å². The molecule has 16 nitrogen and oxygen atoms in total. The zero-order valence-corrected chi connectivity index (χ0v) is 21.8. The molecule has 38 heavy (non-hydrogen) atoms. The van der Waals surface area contributed by atoms with Crippen LogP contribution in [0.4, 0.5) is 0 Å². The fourth-order valence-corrected chi connectivity index (χ4v) is 3.25. The fourth-order valence-electron chi connectivity index (χ4n) is 3.25. The molecule has 0 aromatic heterocycles. The van der Waals surface area contributed by atoms with Gasteiger partial charge in [-0.05, 0) is 31.6 Å². The minimum Gasteiger partial charge on any atom is -0.480 e. The highest BCUT2D eigenvalue weighted by molar-refractivity contribution is 5.94. The number of nitrogens with two attached hydrogens (primary N) is 5. The lowest BCUT2D eigenvalue weighted by molar-refractivity contribution is -0.144. The van der Waals surface area contributed by atoms with Gasteiger partial charge in [-0.2, -0.15) is 0 Å². The van der Waals surface area contributed by atoms with E-state index >= 15 is 0 Å². The van der Waals surface area contributed by atoms with Crippen molar-refractivity contribution in [1.29, 1.82) is 0 Å². The van der Waals surface area contributed by atoms with Crippen molar-refractivity contribution in [3.05, 3.63) is 0 Å². The second-order valence-electron chi connectivity index (χ2n) is 8.90.